The first-order valence-electron chi connectivity index (χ1n) is 5.46. The zero-order valence-corrected chi connectivity index (χ0v) is 9.29. The van der Waals surface area contributed by atoms with E-state index < -0.39 is 0 Å². The molecule has 1 rings (SSSR count). The number of hydrogen-bond acceptors (Lipinski definition) is 1. The third kappa shape index (κ3) is 3.28. The number of hydrogen-bond donors (Lipinski definition) is 1. The van der Waals surface area contributed by atoms with Gasteiger partial charge in [-0.05, 0) is 31.6 Å². The van der Waals surface area contributed by atoms with Gasteiger partial charge in [-0.2, -0.15) is 0 Å². The summed E-state index contributed by atoms with van der Waals surface area (Å²) < 4.78 is 1.09. The number of quaternary nitrogens is 1. The Kier molecular flexibility index (Phi) is 3.74. The molecule has 0 aliphatic heterocycles. The fourth-order valence-corrected chi connectivity index (χ4v) is 2.41. The molecule has 1 saturated carbocycles. The predicted molar refractivity (Wildman–Crippen MR) is 55.5 cm³/mol. The summed E-state index contributed by atoms with van der Waals surface area (Å²) >= 11 is 0. The normalized spacial score (nSPS) is 30.5. The first-order chi connectivity index (χ1) is 6.04. The van der Waals surface area contributed by atoms with E-state index in [4.69, 9.17) is 5.11 Å². The maximum Gasteiger partial charge on any atom is 0.0886 e. The Morgan fingerprint density at radius 3 is 2.46 bits per heavy atom. The van der Waals surface area contributed by atoms with Crippen LogP contribution in [0.5, 0.6) is 0 Å². The van der Waals surface area contributed by atoms with Gasteiger partial charge in [0.1, 0.15) is 0 Å². The molecule has 2 unspecified atom stereocenters. The van der Waals surface area contributed by atoms with Gasteiger partial charge in [0.15, 0.2) is 0 Å². The van der Waals surface area contributed by atoms with E-state index in [9.17, 15) is 0 Å². The van der Waals surface area contributed by atoms with Crippen LogP contribution in [0, 0.1) is 5.92 Å². The summed E-state index contributed by atoms with van der Waals surface area (Å²) in [7, 11) is 6.85. The molecule has 78 valence electrons. The highest BCUT2D eigenvalue weighted by Gasteiger charge is 2.30. The van der Waals surface area contributed by atoms with Gasteiger partial charge in [-0.1, -0.05) is 0 Å². The van der Waals surface area contributed by atoms with E-state index in [0.717, 1.165) is 22.9 Å². The zero-order valence-electron chi connectivity index (χ0n) is 9.29. The number of aliphatic hydroxyl groups is 1. The predicted octanol–water partition coefficient (Wildman–Crippen LogP) is 1.63. The Morgan fingerprint density at radius 2 is 1.92 bits per heavy atom. The fraction of sp³-hybridized carbons (Fsp3) is 1.00. The van der Waals surface area contributed by atoms with Crippen LogP contribution in [0.1, 0.15) is 32.1 Å². The molecule has 1 N–H and O–H groups in total. The van der Waals surface area contributed by atoms with Gasteiger partial charge in [-0.25, -0.2) is 0 Å². The average Bonchev–Trinajstić information content (AvgIpc) is 2.04. The highest BCUT2D eigenvalue weighted by molar-refractivity contribution is 4.73. The highest BCUT2D eigenvalue weighted by Crippen LogP contribution is 2.30. The molecule has 0 radical (unpaired) electrons. The second-order valence-corrected chi connectivity index (χ2v) is 5.31. The van der Waals surface area contributed by atoms with Gasteiger partial charge in [0.25, 0.3) is 0 Å². The minimum atomic E-state index is 0.370. The second-order valence-electron chi connectivity index (χ2n) is 5.31. The first-order valence-corrected chi connectivity index (χ1v) is 5.46. The van der Waals surface area contributed by atoms with Crippen LogP contribution in [-0.2, 0) is 0 Å². The molecule has 1 aliphatic rings. The molecule has 2 atom stereocenters. The smallest absolute Gasteiger partial charge is 0.0886 e. The number of aliphatic hydroxyl groups excluding tert-OH is 1. The van der Waals surface area contributed by atoms with Crippen molar-refractivity contribution in [1.29, 1.82) is 0 Å². The van der Waals surface area contributed by atoms with Crippen LogP contribution in [0.4, 0.5) is 0 Å². The molecule has 0 aromatic carbocycles. The maximum atomic E-state index is 8.90. The van der Waals surface area contributed by atoms with Gasteiger partial charge < -0.3 is 9.59 Å². The fourth-order valence-electron chi connectivity index (χ4n) is 2.41. The van der Waals surface area contributed by atoms with Crippen LogP contribution in [0.2, 0.25) is 0 Å². The molecule has 13 heavy (non-hydrogen) atoms. The minimum Gasteiger partial charge on any atom is -0.396 e. The van der Waals surface area contributed by atoms with Gasteiger partial charge in [-0.15, -0.1) is 0 Å². The van der Waals surface area contributed by atoms with E-state index in [0.29, 0.717) is 6.61 Å². The topological polar surface area (TPSA) is 20.2 Å². The molecule has 1 fully saturated rings. The van der Waals surface area contributed by atoms with Crippen molar-refractivity contribution in [3.63, 3.8) is 0 Å². The van der Waals surface area contributed by atoms with E-state index in [1.165, 1.54) is 25.7 Å². The molecule has 0 spiro atoms. The number of nitrogens with zero attached hydrogens (tertiary/aromatic N) is 1. The maximum absolute atomic E-state index is 8.90. The van der Waals surface area contributed by atoms with Crippen molar-refractivity contribution in [2.45, 2.75) is 38.1 Å². The monoisotopic (exact) mass is 186 g/mol. The van der Waals surface area contributed by atoms with E-state index in [1.807, 2.05) is 0 Å². The first kappa shape index (κ1) is 11.0. The Labute approximate surface area is 82.1 Å². The van der Waals surface area contributed by atoms with Crippen molar-refractivity contribution >= 4 is 0 Å². The van der Waals surface area contributed by atoms with Crippen LogP contribution >= 0.6 is 0 Å². The van der Waals surface area contributed by atoms with Crippen molar-refractivity contribution in [2.24, 2.45) is 5.92 Å². The lowest BCUT2D eigenvalue weighted by molar-refractivity contribution is -0.898. The average molecular weight is 186 g/mol. The van der Waals surface area contributed by atoms with E-state index in [1.54, 1.807) is 0 Å². The summed E-state index contributed by atoms with van der Waals surface area (Å²) in [5, 5.41) is 8.90. The molecule has 2 heteroatoms. The summed E-state index contributed by atoms with van der Waals surface area (Å²) in [5.41, 5.74) is 0. The summed E-state index contributed by atoms with van der Waals surface area (Å²) in [4.78, 5) is 0. The van der Waals surface area contributed by atoms with Crippen LogP contribution in [-0.4, -0.2) is 43.4 Å². The SMILES string of the molecule is C[N+](C)(C)C1CCCC(CCO)C1. The number of rotatable bonds is 3. The Bertz CT molecular complexity index is 149. The summed E-state index contributed by atoms with van der Waals surface area (Å²) in [6, 6.07) is 0.810. The lowest BCUT2D eigenvalue weighted by Gasteiger charge is -2.39. The summed E-state index contributed by atoms with van der Waals surface area (Å²) in [6.07, 6.45) is 6.37. The van der Waals surface area contributed by atoms with Gasteiger partial charge in [0.2, 0.25) is 0 Å². The molecule has 0 amide bonds. The molecule has 1 aliphatic carbocycles. The standard InChI is InChI=1S/C11H24NO/c1-12(2,3)11-6-4-5-10(9-11)7-8-13/h10-11,13H,4-9H2,1-3H3/q+1. The highest BCUT2D eigenvalue weighted by atomic mass is 16.3. The lowest BCUT2D eigenvalue weighted by atomic mass is 9.83. The molecular weight excluding hydrogens is 162 g/mol. The third-order valence-electron chi connectivity index (χ3n) is 3.39. The molecule has 0 saturated heterocycles. The summed E-state index contributed by atoms with van der Waals surface area (Å²) in [6.45, 7) is 0.370. The molecule has 0 aromatic rings. The Balaban J connectivity index is 2.42. The molecule has 0 bridgehead atoms. The Hall–Kier alpha value is -0.0800. The van der Waals surface area contributed by atoms with Gasteiger partial charge in [-0.3, -0.25) is 0 Å². The zero-order chi connectivity index (χ0) is 9.90. The lowest BCUT2D eigenvalue weighted by Crippen LogP contribution is -2.47. The summed E-state index contributed by atoms with van der Waals surface area (Å²) in [5.74, 6) is 0.779. The largest absolute Gasteiger partial charge is 0.396 e. The van der Waals surface area contributed by atoms with Gasteiger partial charge >= 0.3 is 0 Å². The Morgan fingerprint density at radius 1 is 1.23 bits per heavy atom. The van der Waals surface area contributed by atoms with E-state index in [-0.39, 0.29) is 0 Å². The van der Waals surface area contributed by atoms with Crippen LogP contribution in [0.25, 0.3) is 0 Å². The molecule has 2 nitrogen and oxygen atoms in total. The van der Waals surface area contributed by atoms with Crippen molar-refractivity contribution in [3.05, 3.63) is 0 Å². The van der Waals surface area contributed by atoms with E-state index >= 15 is 0 Å². The van der Waals surface area contributed by atoms with Crippen molar-refractivity contribution in [3.8, 4) is 0 Å². The van der Waals surface area contributed by atoms with Crippen molar-refractivity contribution in [1.82, 2.24) is 0 Å². The third-order valence-corrected chi connectivity index (χ3v) is 3.39. The van der Waals surface area contributed by atoms with Crippen LogP contribution in [0.3, 0.4) is 0 Å². The van der Waals surface area contributed by atoms with Crippen molar-refractivity contribution in [2.75, 3.05) is 27.7 Å². The molecule has 0 aromatic heterocycles. The van der Waals surface area contributed by atoms with Gasteiger partial charge in [0.05, 0.1) is 27.2 Å². The van der Waals surface area contributed by atoms with E-state index in [2.05, 4.69) is 21.1 Å². The quantitative estimate of drug-likeness (QED) is 0.664. The molecule has 0 heterocycles. The van der Waals surface area contributed by atoms with Gasteiger partial charge in [0, 0.05) is 13.0 Å². The van der Waals surface area contributed by atoms with Crippen molar-refractivity contribution < 1.29 is 9.59 Å². The molecular formula is C11H24NO+. The minimum absolute atomic E-state index is 0.370. The second kappa shape index (κ2) is 4.43. The van der Waals surface area contributed by atoms with Crippen LogP contribution in [0.15, 0.2) is 0 Å². The van der Waals surface area contributed by atoms with Crippen LogP contribution < -0.4 is 0 Å².